The summed E-state index contributed by atoms with van der Waals surface area (Å²) in [5.41, 5.74) is 2.55. The number of rotatable bonds is 8. The Morgan fingerprint density at radius 1 is 1.06 bits per heavy atom. The number of benzene rings is 2. The Morgan fingerprint density at radius 2 is 1.72 bits per heavy atom. The Balaban J connectivity index is 1.58. The van der Waals surface area contributed by atoms with Crippen molar-refractivity contribution in [3.05, 3.63) is 71.9 Å². The van der Waals surface area contributed by atoms with E-state index < -0.39 is 34.5 Å². The third kappa shape index (κ3) is 5.80. The number of carbonyl (C=O) groups excluding carboxylic acids is 2. The standard InChI is InChI=1S/C22H24N4O5S/c1-15-9-11-18(12-10-15)26-20(13-16(2)24-26)23-21(27)14-31-22(28)17(3)25-32(29,30)19-7-5-4-6-8-19/h4-13,17,25H,14H2,1-3H3,(H,23,27)/t17-/m0/s1. The molecule has 2 N–H and O–H groups in total. The van der Waals surface area contributed by atoms with E-state index in [-0.39, 0.29) is 4.90 Å². The van der Waals surface area contributed by atoms with E-state index in [9.17, 15) is 18.0 Å². The van der Waals surface area contributed by atoms with Gasteiger partial charge in [0.15, 0.2) is 6.61 Å². The highest BCUT2D eigenvalue weighted by Gasteiger charge is 2.23. The van der Waals surface area contributed by atoms with Crippen molar-refractivity contribution in [2.45, 2.75) is 31.7 Å². The summed E-state index contributed by atoms with van der Waals surface area (Å²) in [4.78, 5) is 24.5. The van der Waals surface area contributed by atoms with Crippen molar-refractivity contribution in [1.29, 1.82) is 0 Å². The van der Waals surface area contributed by atoms with Crippen LogP contribution in [0.1, 0.15) is 18.2 Å². The number of sulfonamides is 1. The molecule has 0 unspecified atom stereocenters. The summed E-state index contributed by atoms with van der Waals surface area (Å²) < 4.78 is 33.4. The van der Waals surface area contributed by atoms with E-state index >= 15 is 0 Å². The van der Waals surface area contributed by atoms with Crippen LogP contribution in [0.15, 0.2) is 65.6 Å². The molecule has 168 valence electrons. The van der Waals surface area contributed by atoms with Gasteiger partial charge in [-0.05, 0) is 45.0 Å². The lowest BCUT2D eigenvalue weighted by atomic mass is 10.2. The number of nitrogens with zero attached hydrogens (tertiary/aromatic N) is 2. The Kier molecular flexibility index (Phi) is 7.06. The van der Waals surface area contributed by atoms with Crippen molar-refractivity contribution in [2.75, 3.05) is 11.9 Å². The summed E-state index contributed by atoms with van der Waals surface area (Å²) in [5.74, 6) is -1.03. The van der Waals surface area contributed by atoms with Gasteiger partial charge in [0.25, 0.3) is 5.91 Å². The number of amides is 1. The van der Waals surface area contributed by atoms with Crippen LogP contribution in [-0.2, 0) is 24.3 Å². The van der Waals surface area contributed by atoms with Gasteiger partial charge in [0, 0.05) is 6.07 Å². The molecular weight excluding hydrogens is 432 g/mol. The second-order valence-electron chi connectivity index (χ2n) is 7.23. The summed E-state index contributed by atoms with van der Waals surface area (Å²) in [7, 11) is -3.89. The third-order valence-corrected chi connectivity index (χ3v) is 6.02. The highest BCUT2D eigenvalue weighted by atomic mass is 32.2. The Bertz CT molecular complexity index is 1200. The van der Waals surface area contributed by atoms with Crippen LogP contribution < -0.4 is 10.0 Å². The molecule has 0 saturated heterocycles. The van der Waals surface area contributed by atoms with Crippen LogP contribution in [0.5, 0.6) is 0 Å². The smallest absolute Gasteiger partial charge is 0.324 e. The van der Waals surface area contributed by atoms with E-state index in [4.69, 9.17) is 4.74 Å². The molecule has 0 bridgehead atoms. The average molecular weight is 457 g/mol. The molecule has 2 aromatic carbocycles. The molecule has 9 nitrogen and oxygen atoms in total. The van der Waals surface area contributed by atoms with Gasteiger partial charge in [0.1, 0.15) is 11.9 Å². The predicted molar refractivity (Wildman–Crippen MR) is 119 cm³/mol. The normalized spacial score (nSPS) is 12.2. The van der Waals surface area contributed by atoms with Crippen LogP contribution in [0.3, 0.4) is 0 Å². The topological polar surface area (TPSA) is 119 Å². The Morgan fingerprint density at radius 3 is 2.38 bits per heavy atom. The second-order valence-corrected chi connectivity index (χ2v) is 8.94. The molecule has 32 heavy (non-hydrogen) atoms. The van der Waals surface area contributed by atoms with Gasteiger partial charge < -0.3 is 10.1 Å². The van der Waals surface area contributed by atoms with Crippen molar-refractivity contribution in [1.82, 2.24) is 14.5 Å². The fourth-order valence-corrected chi connectivity index (χ4v) is 4.07. The molecule has 1 aromatic heterocycles. The van der Waals surface area contributed by atoms with Crippen molar-refractivity contribution in [2.24, 2.45) is 0 Å². The SMILES string of the molecule is Cc1ccc(-n2nc(C)cc2NC(=O)COC(=O)[C@H](C)NS(=O)(=O)c2ccccc2)cc1. The molecule has 3 aromatic rings. The number of ether oxygens (including phenoxy) is 1. The second kappa shape index (κ2) is 9.75. The van der Waals surface area contributed by atoms with Crippen molar-refractivity contribution in [3.63, 3.8) is 0 Å². The zero-order valence-corrected chi connectivity index (χ0v) is 18.7. The van der Waals surface area contributed by atoms with E-state index in [1.165, 1.54) is 19.1 Å². The molecule has 0 radical (unpaired) electrons. The predicted octanol–water partition coefficient (Wildman–Crippen LogP) is 2.34. The van der Waals surface area contributed by atoms with Gasteiger partial charge in [-0.2, -0.15) is 9.82 Å². The largest absolute Gasteiger partial charge is 0.454 e. The summed E-state index contributed by atoms with van der Waals surface area (Å²) in [6, 6.07) is 15.8. The summed E-state index contributed by atoms with van der Waals surface area (Å²) in [6.07, 6.45) is 0. The maximum Gasteiger partial charge on any atom is 0.324 e. The molecule has 1 amide bonds. The molecule has 3 rings (SSSR count). The number of carbonyl (C=O) groups is 2. The summed E-state index contributed by atoms with van der Waals surface area (Å²) in [5, 5.41) is 7.03. The first-order valence-corrected chi connectivity index (χ1v) is 11.3. The number of esters is 1. The number of hydrogen-bond acceptors (Lipinski definition) is 6. The maximum absolute atomic E-state index is 12.3. The molecule has 1 atom stereocenters. The van der Waals surface area contributed by atoms with Crippen LogP contribution in [0.25, 0.3) is 5.69 Å². The van der Waals surface area contributed by atoms with Crippen molar-refractivity contribution >= 4 is 27.7 Å². The molecule has 0 aliphatic heterocycles. The van der Waals surface area contributed by atoms with Crippen LogP contribution in [-0.4, -0.2) is 42.7 Å². The molecule has 0 fully saturated rings. The molecule has 0 spiro atoms. The highest BCUT2D eigenvalue weighted by molar-refractivity contribution is 7.89. The van der Waals surface area contributed by atoms with E-state index in [1.807, 2.05) is 31.2 Å². The lowest BCUT2D eigenvalue weighted by Crippen LogP contribution is -2.40. The van der Waals surface area contributed by atoms with Gasteiger partial charge in [-0.1, -0.05) is 35.9 Å². The fourth-order valence-electron chi connectivity index (χ4n) is 2.86. The van der Waals surface area contributed by atoms with Crippen LogP contribution in [0.2, 0.25) is 0 Å². The number of hydrogen-bond donors (Lipinski definition) is 2. The minimum Gasteiger partial charge on any atom is -0.454 e. The van der Waals surface area contributed by atoms with Crippen LogP contribution in [0.4, 0.5) is 5.82 Å². The minimum atomic E-state index is -3.89. The zero-order valence-electron chi connectivity index (χ0n) is 17.9. The van der Waals surface area contributed by atoms with Gasteiger partial charge in [0.2, 0.25) is 10.0 Å². The van der Waals surface area contributed by atoms with Gasteiger partial charge in [-0.25, -0.2) is 13.1 Å². The quantitative estimate of drug-likeness (QED) is 0.502. The maximum atomic E-state index is 12.3. The van der Waals surface area contributed by atoms with E-state index in [1.54, 1.807) is 35.9 Å². The highest BCUT2D eigenvalue weighted by Crippen LogP contribution is 2.17. The molecule has 1 heterocycles. The van der Waals surface area contributed by atoms with Crippen LogP contribution in [0, 0.1) is 13.8 Å². The molecule has 10 heteroatoms. The number of aromatic nitrogens is 2. The number of nitrogens with one attached hydrogen (secondary N) is 2. The number of anilines is 1. The Hall–Kier alpha value is -3.50. The monoisotopic (exact) mass is 456 g/mol. The first-order chi connectivity index (χ1) is 15.2. The summed E-state index contributed by atoms with van der Waals surface area (Å²) in [6.45, 7) is 4.53. The van der Waals surface area contributed by atoms with Crippen LogP contribution >= 0.6 is 0 Å². The van der Waals surface area contributed by atoms with Gasteiger partial charge in [-0.3, -0.25) is 9.59 Å². The first kappa shape index (κ1) is 23.2. The summed E-state index contributed by atoms with van der Waals surface area (Å²) >= 11 is 0. The lowest BCUT2D eigenvalue weighted by Gasteiger charge is -2.14. The molecule has 0 aliphatic rings. The third-order valence-electron chi connectivity index (χ3n) is 4.46. The number of aryl methyl sites for hydroxylation is 2. The fraction of sp³-hybridized carbons (Fsp3) is 0.227. The molecule has 0 saturated carbocycles. The molecule has 0 aliphatic carbocycles. The van der Waals surface area contributed by atoms with Gasteiger partial charge in [0.05, 0.1) is 16.3 Å². The average Bonchev–Trinajstić information content (AvgIpc) is 3.12. The molecular formula is C22H24N4O5S. The van der Waals surface area contributed by atoms with Gasteiger partial charge in [-0.15, -0.1) is 0 Å². The first-order valence-electron chi connectivity index (χ1n) is 9.83. The van der Waals surface area contributed by atoms with Crippen molar-refractivity contribution < 1.29 is 22.7 Å². The minimum absolute atomic E-state index is 0.0251. The zero-order chi connectivity index (χ0) is 23.3. The lowest BCUT2D eigenvalue weighted by molar-refractivity contribution is -0.148. The van der Waals surface area contributed by atoms with E-state index in [2.05, 4.69) is 15.1 Å². The van der Waals surface area contributed by atoms with Gasteiger partial charge >= 0.3 is 5.97 Å². The Labute approximate surface area is 186 Å². The van der Waals surface area contributed by atoms with E-state index in [0.717, 1.165) is 11.3 Å². The van der Waals surface area contributed by atoms with Crippen molar-refractivity contribution in [3.8, 4) is 5.69 Å². The van der Waals surface area contributed by atoms with E-state index in [0.29, 0.717) is 11.5 Å².